The molecular formula is C15H27NO8S. The molecule has 1 fully saturated rings. The second kappa shape index (κ2) is 10.9. The minimum atomic E-state index is -1.37. The summed E-state index contributed by atoms with van der Waals surface area (Å²) >= 11 is 1.43. The van der Waals surface area contributed by atoms with E-state index in [1.54, 1.807) is 0 Å². The third-order valence-corrected chi connectivity index (χ3v) is 5.06. The minimum absolute atomic E-state index is 0.322. The van der Waals surface area contributed by atoms with Crippen LogP contribution in [-0.2, 0) is 19.1 Å². The third-order valence-electron chi connectivity index (χ3n) is 3.92. The first-order chi connectivity index (χ1) is 11.8. The molecule has 1 heterocycles. The number of carbonyl (C=O) groups excluding carboxylic acids is 2. The van der Waals surface area contributed by atoms with Gasteiger partial charge in [0.25, 0.3) is 0 Å². The molecule has 0 unspecified atom stereocenters. The minimum Gasteiger partial charge on any atom is -0.467 e. The van der Waals surface area contributed by atoms with E-state index in [-0.39, 0.29) is 5.91 Å². The van der Waals surface area contributed by atoms with Gasteiger partial charge in [0.2, 0.25) is 5.91 Å². The Morgan fingerprint density at radius 1 is 1.20 bits per heavy atom. The summed E-state index contributed by atoms with van der Waals surface area (Å²) in [6.45, 7) is 0.868. The molecule has 0 saturated carbocycles. The Morgan fingerprint density at radius 2 is 1.84 bits per heavy atom. The van der Waals surface area contributed by atoms with Crippen LogP contribution in [0, 0.1) is 0 Å². The van der Waals surface area contributed by atoms with Crippen LogP contribution in [0.5, 0.6) is 0 Å². The van der Waals surface area contributed by atoms with Gasteiger partial charge >= 0.3 is 5.97 Å². The van der Waals surface area contributed by atoms with Crippen LogP contribution in [0.4, 0.5) is 0 Å². The lowest BCUT2D eigenvalue weighted by Crippen LogP contribution is -2.58. The van der Waals surface area contributed by atoms with Crippen molar-refractivity contribution in [2.75, 3.05) is 25.2 Å². The smallest absolute Gasteiger partial charge is 0.329 e. The van der Waals surface area contributed by atoms with Crippen LogP contribution in [0.2, 0.25) is 0 Å². The predicted molar refractivity (Wildman–Crippen MR) is 89.9 cm³/mol. The van der Waals surface area contributed by atoms with Crippen LogP contribution >= 0.6 is 11.8 Å². The van der Waals surface area contributed by atoms with Crippen LogP contribution in [0.1, 0.15) is 19.8 Å². The van der Waals surface area contributed by atoms with Gasteiger partial charge in [0.1, 0.15) is 30.5 Å². The predicted octanol–water partition coefficient (Wildman–Crippen LogP) is -1.98. The summed E-state index contributed by atoms with van der Waals surface area (Å²) in [6.07, 6.45) is -4.53. The van der Waals surface area contributed by atoms with E-state index in [9.17, 15) is 24.9 Å². The highest BCUT2D eigenvalue weighted by Crippen LogP contribution is 2.24. The summed E-state index contributed by atoms with van der Waals surface area (Å²) in [7, 11) is 1.25. The zero-order chi connectivity index (χ0) is 19.0. The van der Waals surface area contributed by atoms with Gasteiger partial charge in [0.15, 0.2) is 0 Å². The van der Waals surface area contributed by atoms with Gasteiger partial charge < -0.3 is 35.2 Å². The fourth-order valence-electron chi connectivity index (χ4n) is 2.56. The first-order valence-corrected chi connectivity index (χ1v) is 9.20. The first-order valence-electron chi connectivity index (χ1n) is 8.05. The van der Waals surface area contributed by atoms with Crippen LogP contribution in [0.25, 0.3) is 0 Å². The Hall–Kier alpha value is -0.910. The second-order valence-electron chi connectivity index (χ2n) is 5.86. The fourth-order valence-corrected chi connectivity index (χ4v) is 3.55. The van der Waals surface area contributed by atoms with E-state index < -0.39 is 49.1 Å². The quantitative estimate of drug-likeness (QED) is 0.226. The van der Waals surface area contributed by atoms with Crippen molar-refractivity contribution in [3.8, 4) is 0 Å². The van der Waals surface area contributed by atoms with Crippen molar-refractivity contribution < 1.29 is 39.5 Å². The van der Waals surface area contributed by atoms with Gasteiger partial charge in [-0.1, -0.05) is 0 Å². The molecule has 0 bridgehead atoms. The van der Waals surface area contributed by atoms with E-state index >= 15 is 0 Å². The second-order valence-corrected chi connectivity index (χ2v) is 7.01. The number of hydrogen-bond acceptors (Lipinski definition) is 9. The van der Waals surface area contributed by atoms with Crippen molar-refractivity contribution in [3.05, 3.63) is 0 Å². The van der Waals surface area contributed by atoms with Gasteiger partial charge in [-0.2, -0.15) is 11.8 Å². The summed E-state index contributed by atoms with van der Waals surface area (Å²) in [6, 6.07) is -0.722. The van der Waals surface area contributed by atoms with Gasteiger partial charge in [-0.3, -0.25) is 4.79 Å². The number of nitrogens with one attached hydrogen (secondary N) is 1. The number of amides is 1. The van der Waals surface area contributed by atoms with E-state index in [0.29, 0.717) is 24.3 Å². The van der Waals surface area contributed by atoms with Crippen molar-refractivity contribution in [1.29, 1.82) is 0 Å². The molecule has 1 rings (SSSR count). The van der Waals surface area contributed by atoms with Gasteiger partial charge in [0.05, 0.1) is 19.8 Å². The number of ether oxygens (including phenoxy) is 2. The normalized spacial score (nSPS) is 30.6. The molecule has 6 atom stereocenters. The molecule has 1 saturated heterocycles. The lowest BCUT2D eigenvalue weighted by Gasteiger charge is -2.40. The Bertz CT molecular complexity index is 436. The molecule has 0 aromatic heterocycles. The highest BCUT2D eigenvalue weighted by atomic mass is 32.2. The highest BCUT2D eigenvalue weighted by Gasteiger charge is 2.42. The molecule has 25 heavy (non-hydrogen) atoms. The summed E-state index contributed by atoms with van der Waals surface area (Å²) in [4.78, 5) is 22.6. The van der Waals surface area contributed by atoms with E-state index in [1.807, 2.05) is 0 Å². The number of rotatable bonds is 9. The first kappa shape index (κ1) is 22.1. The SMILES string of the molecule is COC(=O)[C@H](CSCCC[C@@H]1O[C@H](CO)[C@@H](O)[C@H](O)[C@H]1O)NC(C)=O. The van der Waals surface area contributed by atoms with E-state index in [0.717, 1.165) is 0 Å². The Kier molecular flexibility index (Phi) is 9.69. The number of hydrogen-bond donors (Lipinski definition) is 5. The Morgan fingerprint density at radius 3 is 2.40 bits per heavy atom. The Labute approximate surface area is 150 Å². The van der Waals surface area contributed by atoms with Gasteiger partial charge in [-0.15, -0.1) is 0 Å². The summed E-state index contributed by atoms with van der Waals surface area (Å²) in [5.41, 5.74) is 0. The molecule has 0 aromatic carbocycles. The van der Waals surface area contributed by atoms with Crippen LogP contribution in [0.15, 0.2) is 0 Å². The molecule has 146 valence electrons. The number of aliphatic hydroxyl groups is 4. The lowest BCUT2D eigenvalue weighted by atomic mass is 9.93. The summed E-state index contributed by atoms with van der Waals surface area (Å²) in [5, 5.41) is 41.0. The van der Waals surface area contributed by atoms with E-state index in [1.165, 1.54) is 25.8 Å². The van der Waals surface area contributed by atoms with E-state index in [4.69, 9.17) is 9.84 Å². The molecule has 0 radical (unpaired) electrons. The molecule has 1 aliphatic heterocycles. The van der Waals surface area contributed by atoms with Gasteiger partial charge in [0, 0.05) is 12.7 Å². The molecule has 5 N–H and O–H groups in total. The Balaban J connectivity index is 2.36. The zero-order valence-electron chi connectivity index (χ0n) is 14.3. The molecule has 0 aromatic rings. The van der Waals surface area contributed by atoms with Crippen LogP contribution in [-0.4, -0.2) is 94.1 Å². The van der Waals surface area contributed by atoms with Crippen molar-refractivity contribution in [1.82, 2.24) is 5.32 Å². The van der Waals surface area contributed by atoms with Crippen molar-refractivity contribution in [2.24, 2.45) is 0 Å². The summed E-state index contributed by atoms with van der Waals surface area (Å²) in [5.74, 6) is 0.136. The topological polar surface area (TPSA) is 146 Å². The molecule has 1 amide bonds. The number of esters is 1. The molecule has 9 nitrogen and oxygen atoms in total. The van der Waals surface area contributed by atoms with Crippen LogP contribution in [0.3, 0.4) is 0 Å². The zero-order valence-corrected chi connectivity index (χ0v) is 15.1. The number of carbonyl (C=O) groups is 2. The molecule has 10 heteroatoms. The fraction of sp³-hybridized carbons (Fsp3) is 0.867. The van der Waals surface area contributed by atoms with Crippen LogP contribution < -0.4 is 5.32 Å². The average Bonchev–Trinajstić information content (AvgIpc) is 2.59. The van der Waals surface area contributed by atoms with Crippen molar-refractivity contribution in [2.45, 2.75) is 56.3 Å². The summed E-state index contributed by atoms with van der Waals surface area (Å²) < 4.78 is 10.0. The number of aliphatic hydroxyl groups excluding tert-OH is 4. The number of thioether (sulfide) groups is 1. The standard InChI is InChI=1S/C15H27NO8S/c1-8(18)16-9(15(22)23-2)7-25-5-3-4-10-12(19)14(21)13(20)11(6-17)24-10/h9-14,17,19-21H,3-7H2,1-2H3,(H,16,18)/t9-,10-,11+,12-,13+,14+/m0/s1. The van der Waals surface area contributed by atoms with Gasteiger partial charge in [-0.05, 0) is 18.6 Å². The van der Waals surface area contributed by atoms with E-state index in [2.05, 4.69) is 10.1 Å². The maximum atomic E-state index is 11.6. The van der Waals surface area contributed by atoms with Crippen molar-refractivity contribution in [3.63, 3.8) is 0 Å². The number of methoxy groups -OCH3 is 1. The maximum Gasteiger partial charge on any atom is 0.329 e. The monoisotopic (exact) mass is 381 g/mol. The third kappa shape index (κ3) is 6.72. The lowest BCUT2D eigenvalue weighted by molar-refractivity contribution is -0.230. The van der Waals surface area contributed by atoms with Gasteiger partial charge in [-0.25, -0.2) is 4.79 Å². The van der Waals surface area contributed by atoms with Crippen molar-refractivity contribution >= 4 is 23.6 Å². The molecular weight excluding hydrogens is 354 g/mol. The molecule has 0 spiro atoms. The maximum absolute atomic E-state index is 11.6. The molecule has 0 aliphatic carbocycles. The average molecular weight is 381 g/mol. The highest BCUT2D eigenvalue weighted by molar-refractivity contribution is 7.99. The molecule has 1 aliphatic rings. The largest absolute Gasteiger partial charge is 0.467 e.